The van der Waals surface area contributed by atoms with E-state index < -0.39 is 6.04 Å². The Labute approximate surface area is 168 Å². The van der Waals surface area contributed by atoms with Crippen LogP contribution >= 0.6 is 0 Å². The smallest absolute Gasteiger partial charge is 0.251 e. The fraction of sp³-hybridized carbons (Fsp3) is 0.667. The summed E-state index contributed by atoms with van der Waals surface area (Å²) in [5.41, 5.74) is 1.36. The van der Waals surface area contributed by atoms with Gasteiger partial charge >= 0.3 is 0 Å². The maximum atomic E-state index is 13.4. The quantitative estimate of drug-likeness (QED) is 0.819. The van der Waals surface area contributed by atoms with E-state index in [1.54, 1.807) is 0 Å². The summed E-state index contributed by atoms with van der Waals surface area (Å²) in [4.78, 5) is 26.4. The average molecular weight is 383 g/mol. The molecule has 2 N–H and O–H groups in total. The molecule has 1 aromatic rings. The minimum atomic E-state index is -0.450. The van der Waals surface area contributed by atoms with Crippen LogP contribution in [0.25, 0.3) is 0 Å². The zero-order valence-corrected chi connectivity index (χ0v) is 17.7. The summed E-state index contributed by atoms with van der Waals surface area (Å²) in [5.74, 6) is 2.03. The number of carbonyl (C=O) groups is 2. The zero-order valence-electron chi connectivity index (χ0n) is 17.7. The van der Waals surface area contributed by atoms with Crippen molar-refractivity contribution in [3.05, 3.63) is 35.4 Å². The molecule has 4 saturated carbocycles. The first kappa shape index (κ1) is 19.5. The molecule has 4 nitrogen and oxygen atoms in total. The standard InChI is InChI=1S/C24H34N2O2/c1-15-5-7-19(8-6-15)21(27)25-20(22(28)26-23(2,3)4)24-12-16-9-17(13-24)11-18(10-16)14-24/h5-8,16-18,20H,9-14H2,1-4H3,(H,25,27)(H,26,28)/t16?,17?,18?,20-,24?/m0/s1. The van der Waals surface area contributed by atoms with Crippen LogP contribution in [0, 0.1) is 30.1 Å². The first-order chi connectivity index (χ1) is 13.1. The van der Waals surface area contributed by atoms with Gasteiger partial charge in [-0.2, -0.15) is 0 Å². The lowest BCUT2D eigenvalue weighted by Crippen LogP contribution is -2.63. The second-order valence-corrected chi connectivity index (χ2v) is 10.8. The molecule has 0 spiro atoms. The van der Waals surface area contributed by atoms with Gasteiger partial charge in [-0.3, -0.25) is 9.59 Å². The van der Waals surface area contributed by atoms with Gasteiger partial charge in [0.25, 0.3) is 5.91 Å². The Hall–Kier alpha value is -1.84. The van der Waals surface area contributed by atoms with E-state index >= 15 is 0 Å². The largest absolute Gasteiger partial charge is 0.350 e. The Bertz CT molecular complexity index is 725. The number of aryl methyl sites for hydroxylation is 1. The van der Waals surface area contributed by atoms with E-state index in [0.717, 1.165) is 42.6 Å². The van der Waals surface area contributed by atoms with Crippen LogP contribution in [0.15, 0.2) is 24.3 Å². The van der Waals surface area contributed by atoms with Crippen molar-refractivity contribution in [2.24, 2.45) is 23.2 Å². The SMILES string of the molecule is Cc1ccc(C(=O)N[C@@H](C(=O)NC(C)(C)C)C23CC4CC(CC(C4)C2)C3)cc1. The summed E-state index contributed by atoms with van der Waals surface area (Å²) in [7, 11) is 0. The third-order valence-electron chi connectivity index (χ3n) is 7.05. The number of hydrogen-bond acceptors (Lipinski definition) is 2. The van der Waals surface area contributed by atoms with Crippen molar-refractivity contribution in [3.8, 4) is 0 Å². The molecule has 0 saturated heterocycles. The molecule has 0 unspecified atom stereocenters. The Balaban J connectivity index is 1.62. The van der Waals surface area contributed by atoms with Crippen molar-refractivity contribution in [3.63, 3.8) is 0 Å². The van der Waals surface area contributed by atoms with Crippen LogP contribution in [0.5, 0.6) is 0 Å². The highest BCUT2D eigenvalue weighted by atomic mass is 16.2. The van der Waals surface area contributed by atoms with Crippen molar-refractivity contribution in [2.45, 2.75) is 77.8 Å². The van der Waals surface area contributed by atoms with Gasteiger partial charge in [0, 0.05) is 16.5 Å². The van der Waals surface area contributed by atoms with Crippen molar-refractivity contribution in [1.82, 2.24) is 10.6 Å². The summed E-state index contributed by atoms with van der Waals surface area (Å²) in [6.45, 7) is 8.02. The van der Waals surface area contributed by atoms with Gasteiger partial charge in [-0.05, 0) is 96.1 Å². The molecule has 0 aliphatic heterocycles. The molecule has 4 fully saturated rings. The van der Waals surface area contributed by atoms with Gasteiger partial charge < -0.3 is 10.6 Å². The third kappa shape index (κ3) is 3.83. The van der Waals surface area contributed by atoms with Gasteiger partial charge in [-0.15, -0.1) is 0 Å². The van der Waals surface area contributed by atoms with Crippen LogP contribution in [0.1, 0.15) is 75.2 Å². The monoisotopic (exact) mass is 382 g/mol. The molecule has 0 aromatic heterocycles. The summed E-state index contributed by atoms with van der Waals surface area (Å²) >= 11 is 0. The van der Waals surface area contributed by atoms with E-state index in [2.05, 4.69) is 10.6 Å². The van der Waals surface area contributed by atoms with Gasteiger partial charge in [0.15, 0.2) is 0 Å². The van der Waals surface area contributed by atoms with E-state index in [1.165, 1.54) is 19.3 Å². The highest BCUT2D eigenvalue weighted by Crippen LogP contribution is 2.61. The van der Waals surface area contributed by atoms with E-state index in [1.807, 2.05) is 52.0 Å². The second-order valence-electron chi connectivity index (χ2n) is 10.8. The van der Waals surface area contributed by atoms with Gasteiger partial charge in [-0.1, -0.05) is 17.7 Å². The van der Waals surface area contributed by atoms with Crippen LogP contribution in [0.3, 0.4) is 0 Å². The number of nitrogens with one attached hydrogen (secondary N) is 2. The van der Waals surface area contributed by atoms with Crippen LogP contribution in [0.2, 0.25) is 0 Å². The second kappa shape index (κ2) is 6.89. The third-order valence-corrected chi connectivity index (χ3v) is 7.05. The van der Waals surface area contributed by atoms with Crippen LogP contribution in [-0.4, -0.2) is 23.4 Å². The Morgan fingerprint density at radius 1 is 0.964 bits per heavy atom. The van der Waals surface area contributed by atoms with Crippen molar-refractivity contribution < 1.29 is 9.59 Å². The summed E-state index contributed by atoms with van der Waals surface area (Å²) in [6.07, 6.45) is 7.19. The molecule has 4 heteroatoms. The first-order valence-electron chi connectivity index (χ1n) is 10.8. The van der Waals surface area contributed by atoms with Crippen LogP contribution in [-0.2, 0) is 4.79 Å². The molecule has 2 amide bonds. The first-order valence-corrected chi connectivity index (χ1v) is 10.8. The molecule has 1 atom stereocenters. The summed E-state index contributed by atoms with van der Waals surface area (Å²) in [5, 5.41) is 6.34. The lowest BCUT2D eigenvalue weighted by molar-refractivity contribution is -0.136. The van der Waals surface area contributed by atoms with E-state index in [9.17, 15) is 9.59 Å². The molecular formula is C24H34N2O2. The molecule has 4 aliphatic carbocycles. The summed E-state index contributed by atoms with van der Waals surface area (Å²) < 4.78 is 0. The number of amides is 2. The van der Waals surface area contributed by atoms with Crippen molar-refractivity contribution >= 4 is 11.8 Å². The number of benzene rings is 1. The topological polar surface area (TPSA) is 58.2 Å². The van der Waals surface area contributed by atoms with Crippen LogP contribution < -0.4 is 10.6 Å². The minimum absolute atomic E-state index is 0.0186. The Morgan fingerprint density at radius 2 is 1.46 bits per heavy atom. The fourth-order valence-electron chi connectivity index (χ4n) is 6.39. The van der Waals surface area contributed by atoms with Crippen LogP contribution in [0.4, 0.5) is 0 Å². The highest BCUT2D eigenvalue weighted by Gasteiger charge is 2.56. The van der Waals surface area contributed by atoms with E-state index in [4.69, 9.17) is 0 Å². The summed E-state index contributed by atoms with van der Waals surface area (Å²) in [6, 6.07) is 7.15. The molecular weight excluding hydrogens is 348 g/mol. The van der Waals surface area contributed by atoms with Gasteiger partial charge in [0.1, 0.15) is 6.04 Å². The highest BCUT2D eigenvalue weighted by molar-refractivity contribution is 5.98. The van der Waals surface area contributed by atoms with Crippen molar-refractivity contribution in [2.75, 3.05) is 0 Å². The predicted molar refractivity (Wildman–Crippen MR) is 111 cm³/mol. The predicted octanol–water partition coefficient (Wildman–Crippen LogP) is 4.22. The Kier molecular flexibility index (Phi) is 4.79. The lowest BCUT2D eigenvalue weighted by Gasteiger charge is -2.59. The van der Waals surface area contributed by atoms with Crippen molar-refractivity contribution in [1.29, 1.82) is 0 Å². The molecule has 0 radical (unpaired) electrons. The van der Waals surface area contributed by atoms with Gasteiger partial charge in [0.2, 0.25) is 5.91 Å². The molecule has 5 rings (SSSR count). The molecule has 28 heavy (non-hydrogen) atoms. The zero-order chi connectivity index (χ0) is 20.1. The fourth-order valence-corrected chi connectivity index (χ4v) is 6.39. The van der Waals surface area contributed by atoms with Gasteiger partial charge in [0.05, 0.1) is 0 Å². The average Bonchev–Trinajstić information content (AvgIpc) is 2.57. The molecule has 152 valence electrons. The number of carbonyl (C=O) groups excluding carboxylic acids is 2. The maximum absolute atomic E-state index is 13.4. The minimum Gasteiger partial charge on any atom is -0.350 e. The van der Waals surface area contributed by atoms with Gasteiger partial charge in [-0.25, -0.2) is 0 Å². The maximum Gasteiger partial charge on any atom is 0.251 e. The Morgan fingerprint density at radius 3 is 1.93 bits per heavy atom. The molecule has 0 heterocycles. The lowest BCUT2D eigenvalue weighted by atomic mass is 9.47. The number of rotatable bonds is 4. The normalized spacial score (nSPS) is 32.1. The van der Waals surface area contributed by atoms with E-state index in [0.29, 0.717) is 5.56 Å². The molecule has 4 aliphatic rings. The molecule has 4 bridgehead atoms. The van der Waals surface area contributed by atoms with E-state index in [-0.39, 0.29) is 22.8 Å². The number of hydrogen-bond donors (Lipinski definition) is 2. The molecule has 1 aromatic carbocycles.